The summed E-state index contributed by atoms with van der Waals surface area (Å²) in [6.45, 7) is 4.48. The topological polar surface area (TPSA) is 128 Å². The highest BCUT2D eigenvalue weighted by Gasteiger charge is 2.29. The van der Waals surface area contributed by atoms with Crippen LogP contribution in [0.2, 0.25) is 0 Å². The van der Waals surface area contributed by atoms with E-state index in [0.29, 0.717) is 17.4 Å². The number of quaternary nitrogens is 1. The summed E-state index contributed by atoms with van der Waals surface area (Å²) in [5.74, 6) is -0.271. The number of aliphatic hydroxyl groups is 2. The zero-order chi connectivity index (χ0) is 56.4. The summed E-state index contributed by atoms with van der Waals surface area (Å²) in [6, 6.07) is -1.07. The van der Waals surface area contributed by atoms with Crippen molar-refractivity contribution in [3.8, 4) is 0 Å². The minimum absolute atomic E-state index is 0.0371. The maximum absolute atomic E-state index is 13.0. The molecule has 0 aromatic rings. The van der Waals surface area contributed by atoms with Gasteiger partial charge in [-0.15, -0.1) is 0 Å². The van der Waals surface area contributed by atoms with Crippen molar-refractivity contribution in [2.24, 2.45) is 0 Å². The van der Waals surface area contributed by atoms with E-state index in [9.17, 15) is 24.5 Å². The minimum atomic E-state index is -4.67. The highest BCUT2D eigenvalue weighted by molar-refractivity contribution is 7.45. The SMILES string of the molecule is CCCCCCCCCC/C=C\CCCCCCCCCCCCCCCCCCCCCCCCCCCCCCCC(=O)NC(COP(=O)([O-])OCC[N+](C)(C)C)C(O)C(O)CCCCCCCCCCCCCC. The Morgan fingerprint density at radius 3 is 1.05 bits per heavy atom. The van der Waals surface area contributed by atoms with Crippen LogP contribution in [0.3, 0.4) is 0 Å². The largest absolute Gasteiger partial charge is 0.756 e. The number of nitrogens with one attached hydrogen (secondary N) is 1. The highest BCUT2D eigenvalue weighted by Crippen LogP contribution is 2.38. The number of carbonyl (C=O) groups excluding carboxylic acids is 1. The fourth-order valence-corrected chi connectivity index (χ4v) is 11.4. The third-order valence-corrected chi connectivity index (χ3v) is 17.1. The molecule has 0 spiro atoms. The van der Waals surface area contributed by atoms with E-state index in [-0.39, 0.29) is 18.9 Å². The molecule has 0 aliphatic heterocycles. The Morgan fingerprint density at radius 2 is 0.740 bits per heavy atom. The van der Waals surface area contributed by atoms with Crippen molar-refractivity contribution < 1.29 is 38.0 Å². The molecular formula is C67H135N2O7P. The molecule has 3 N–H and O–H groups in total. The Hall–Kier alpha value is -0.800. The van der Waals surface area contributed by atoms with Crippen LogP contribution in [0.1, 0.15) is 354 Å². The van der Waals surface area contributed by atoms with Crippen molar-refractivity contribution in [3.05, 3.63) is 12.2 Å². The van der Waals surface area contributed by atoms with Gasteiger partial charge < -0.3 is 34.0 Å². The first-order valence-electron chi connectivity index (χ1n) is 34.1. The van der Waals surface area contributed by atoms with Crippen LogP contribution in [0.25, 0.3) is 0 Å². The summed E-state index contributed by atoms with van der Waals surface area (Å²) >= 11 is 0. The fourth-order valence-electron chi connectivity index (χ4n) is 10.7. The molecule has 460 valence electrons. The van der Waals surface area contributed by atoms with Gasteiger partial charge in [-0.2, -0.15) is 0 Å². The number of amides is 1. The number of carbonyl (C=O) groups is 1. The summed E-state index contributed by atoms with van der Waals surface area (Å²) in [5.41, 5.74) is 0. The molecule has 0 bridgehead atoms. The second-order valence-electron chi connectivity index (χ2n) is 25.0. The zero-order valence-corrected chi connectivity index (χ0v) is 53.2. The van der Waals surface area contributed by atoms with Crippen LogP contribution in [0.15, 0.2) is 12.2 Å². The number of hydrogen-bond acceptors (Lipinski definition) is 7. The Labute approximate surface area is 480 Å². The van der Waals surface area contributed by atoms with Crippen LogP contribution < -0.4 is 10.2 Å². The Bertz CT molecular complexity index is 1280. The van der Waals surface area contributed by atoms with Gasteiger partial charge in [0.15, 0.2) is 0 Å². The minimum Gasteiger partial charge on any atom is -0.756 e. The first-order chi connectivity index (χ1) is 37.4. The van der Waals surface area contributed by atoms with E-state index in [2.05, 4.69) is 31.3 Å². The number of phosphoric ester groups is 1. The lowest BCUT2D eigenvalue weighted by Crippen LogP contribution is -2.51. The van der Waals surface area contributed by atoms with Crippen molar-refractivity contribution >= 4 is 13.7 Å². The van der Waals surface area contributed by atoms with Gasteiger partial charge in [-0.1, -0.05) is 321 Å². The fraction of sp³-hybridized carbons (Fsp3) is 0.955. The Kier molecular flexibility index (Phi) is 57.8. The van der Waals surface area contributed by atoms with E-state index in [4.69, 9.17) is 9.05 Å². The number of allylic oxidation sites excluding steroid dienone is 2. The molecular weight excluding hydrogens is 976 g/mol. The van der Waals surface area contributed by atoms with Gasteiger partial charge in [0.2, 0.25) is 5.91 Å². The second-order valence-corrected chi connectivity index (χ2v) is 26.4. The van der Waals surface area contributed by atoms with E-state index in [1.807, 2.05) is 21.1 Å². The average Bonchev–Trinajstić information content (AvgIpc) is 3.39. The van der Waals surface area contributed by atoms with Gasteiger partial charge in [0, 0.05) is 6.42 Å². The number of phosphoric acid groups is 1. The van der Waals surface area contributed by atoms with Crippen LogP contribution in [0, 0.1) is 0 Å². The molecule has 0 rings (SSSR count). The molecule has 9 nitrogen and oxygen atoms in total. The molecule has 0 radical (unpaired) electrons. The summed E-state index contributed by atoms with van der Waals surface area (Å²) in [6.07, 6.45) is 70.5. The highest BCUT2D eigenvalue weighted by atomic mass is 31.2. The van der Waals surface area contributed by atoms with Crippen LogP contribution in [-0.4, -0.2) is 79.8 Å². The third kappa shape index (κ3) is 59.6. The molecule has 4 atom stereocenters. The molecule has 4 unspecified atom stereocenters. The Morgan fingerprint density at radius 1 is 0.455 bits per heavy atom. The number of nitrogens with zero attached hydrogens (tertiary/aromatic N) is 1. The lowest BCUT2D eigenvalue weighted by Gasteiger charge is -2.31. The molecule has 0 saturated heterocycles. The number of hydrogen-bond donors (Lipinski definition) is 3. The van der Waals surface area contributed by atoms with E-state index >= 15 is 0 Å². The van der Waals surface area contributed by atoms with Crippen molar-refractivity contribution in [3.63, 3.8) is 0 Å². The maximum Gasteiger partial charge on any atom is 0.268 e. The van der Waals surface area contributed by atoms with Gasteiger partial charge in [0.05, 0.1) is 39.9 Å². The normalized spacial score (nSPS) is 14.1. The van der Waals surface area contributed by atoms with Gasteiger partial charge >= 0.3 is 0 Å². The van der Waals surface area contributed by atoms with Crippen molar-refractivity contribution in [2.45, 2.75) is 372 Å². The summed E-state index contributed by atoms with van der Waals surface area (Å²) in [4.78, 5) is 25.6. The predicted octanol–water partition coefficient (Wildman–Crippen LogP) is 19.7. The van der Waals surface area contributed by atoms with E-state index in [1.54, 1.807) is 0 Å². The smallest absolute Gasteiger partial charge is 0.268 e. The molecule has 0 aliphatic carbocycles. The first-order valence-corrected chi connectivity index (χ1v) is 35.6. The van der Waals surface area contributed by atoms with Crippen LogP contribution in [0.5, 0.6) is 0 Å². The Balaban J connectivity index is 3.84. The standard InChI is InChI=1S/C67H135N2O7P/c1-6-8-10-12-14-16-18-20-21-22-23-24-25-26-27-28-29-30-31-32-33-34-35-36-37-38-39-40-41-42-43-44-45-46-47-48-50-52-54-56-58-60-66(71)68-64(63-76-77(73,74)75-62-61-69(3,4)5)67(72)65(70)59-57-55-53-51-49-19-17-15-13-11-9-7-2/h22-23,64-65,67,70,72H,6-21,24-63H2,1-5H3,(H-,68,71,73,74)/b23-22-. The third-order valence-electron chi connectivity index (χ3n) is 16.1. The van der Waals surface area contributed by atoms with Crippen molar-refractivity contribution in [1.82, 2.24) is 5.32 Å². The summed E-state index contributed by atoms with van der Waals surface area (Å²) < 4.78 is 23.3. The summed E-state index contributed by atoms with van der Waals surface area (Å²) in [5, 5.41) is 24.8. The lowest BCUT2D eigenvalue weighted by molar-refractivity contribution is -0.870. The molecule has 0 aliphatic rings. The van der Waals surface area contributed by atoms with Gasteiger partial charge in [0.1, 0.15) is 19.3 Å². The van der Waals surface area contributed by atoms with Gasteiger partial charge in [-0.25, -0.2) is 0 Å². The van der Waals surface area contributed by atoms with Gasteiger partial charge in [0.25, 0.3) is 7.82 Å². The first kappa shape index (κ1) is 76.2. The van der Waals surface area contributed by atoms with Crippen molar-refractivity contribution in [2.75, 3.05) is 40.9 Å². The van der Waals surface area contributed by atoms with Crippen molar-refractivity contribution in [1.29, 1.82) is 0 Å². The second kappa shape index (κ2) is 58.4. The number of rotatable bonds is 64. The van der Waals surface area contributed by atoms with E-state index < -0.39 is 32.7 Å². The molecule has 10 heteroatoms. The van der Waals surface area contributed by atoms with Crippen LogP contribution in [-0.2, 0) is 18.4 Å². The molecule has 0 fully saturated rings. The van der Waals surface area contributed by atoms with Gasteiger partial charge in [-0.3, -0.25) is 9.36 Å². The van der Waals surface area contributed by atoms with E-state index in [1.165, 1.54) is 289 Å². The van der Waals surface area contributed by atoms with Crippen LogP contribution >= 0.6 is 7.82 Å². The average molecular weight is 1110 g/mol. The zero-order valence-electron chi connectivity index (χ0n) is 52.3. The molecule has 0 aromatic heterocycles. The van der Waals surface area contributed by atoms with Gasteiger partial charge in [-0.05, 0) is 38.5 Å². The number of likely N-dealkylation sites (N-methyl/N-ethyl adjacent to an activating group) is 1. The molecule has 0 heterocycles. The number of unbranched alkanes of at least 4 members (excludes halogenated alkanes) is 48. The summed E-state index contributed by atoms with van der Waals surface area (Å²) in [7, 11) is 1.14. The maximum atomic E-state index is 13.0. The molecule has 77 heavy (non-hydrogen) atoms. The molecule has 0 aromatic carbocycles. The quantitative estimate of drug-likeness (QED) is 0.0239. The predicted molar refractivity (Wildman–Crippen MR) is 332 cm³/mol. The molecule has 1 amide bonds. The monoisotopic (exact) mass is 1110 g/mol. The molecule has 0 saturated carbocycles. The van der Waals surface area contributed by atoms with Crippen LogP contribution in [0.4, 0.5) is 0 Å². The number of aliphatic hydroxyl groups excluding tert-OH is 2. The lowest BCUT2D eigenvalue weighted by atomic mass is 9.99. The van der Waals surface area contributed by atoms with E-state index in [0.717, 1.165) is 38.5 Å².